The van der Waals surface area contributed by atoms with Crippen LogP contribution in [-0.2, 0) is 0 Å². The molecule has 20 heavy (non-hydrogen) atoms. The van der Waals surface area contributed by atoms with Gasteiger partial charge in [0.1, 0.15) is 5.82 Å². The highest BCUT2D eigenvalue weighted by atomic mass is 16.5. The van der Waals surface area contributed by atoms with Crippen LogP contribution in [0.15, 0.2) is 12.1 Å². The third-order valence-corrected chi connectivity index (χ3v) is 2.90. The third-order valence-electron chi connectivity index (χ3n) is 2.90. The lowest BCUT2D eigenvalue weighted by molar-refractivity contribution is 0.263. The fraction of sp³-hybridized carbons (Fsp3) is 0.667. The highest BCUT2D eigenvalue weighted by molar-refractivity contribution is 5.54. The van der Waals surface area contributed by atoms with E-state index in [9.17, 15) is 0 Å². The predicted octanol–water partition coefficient (Wildman–Crippen LogP) is 2.30. The smallest absolute Gasteiger partial charge is 0.239 e. The molecule has 0 bridgehead atoms. The van der Waals surface area contributed by atoms with Crippen molar-refractivity contribution < 1.29 is 9.84 Å². The van der Waals surface area contributed by atoms with Gasteiger partial charge < -0.3 is 20.5 Å². The number of nitrogens with zero attached hydrogens (tertiary/aromatic N) is 2. The van der Waals surface area contributed by atoms with E-state index in [0.29, 0.717) is 36.6 Å². The van der Waals surface area contributed by atoms with Crippen LogP contribution in [-0.4, -0.2) is 35.9 Å². The minimum Gasteiger partial charge on any atom is -0.476 e. The largest absolute Gasteiger partial charge is 0.476 e. The number of nitrogen functional groups attached to an aromatic ring is 1. The van der Waals surface area contributed by atoms with Crippen LogP contribution in [0.2, 0.25) is 0 Å². The zero-order chi connectivity index (χ0) is 15.1. The maximum Gasteiger partial charge on any atom is 0.239 e. The number of pyridine rings is 1. The van der Waals surface area contributed by atoms with Crippen molar-refractivity contribution in [3.05, 3.63) is 12.1 Å². The van der Waals surface area contributed by atoms with Crippen molar-refractivity contribution in [2.24, 2.45) is 5.92 Å². The second kappa shape index (κ2) is 7.94. The van der Waals surface area contributed by atoms with E-state index in [2.05, 4.69) is 37.6 Å². The van der Waals surface area contributed by atoms with Crippen molar-refractivity contribution in [1.82, 2.24) is 4.98 Å². The van der Waals surface area contributed by atoms with E-state index in [1.807, 2.05) is 12.1 Å². The van der Waals surface area contributed by atoms with Gasteiger partial charge in [0, 0.05) is 19.2 Å². The van der Waals surface area contributed by atoms with Gasteiger partial charge in [0.25, 0.3) is 0 Å². The van der Waals surface area contributed by atoms with Gasteiger partial charge in [-0.1, -0.05) is 13.8 Å². The van der Waals surface area contributed by atoms with Gasteiger partial charge in [-0.15, -0.1) is 0 Å². The minimum absolute atomic E-state index is 0.175. The molecule has 1 aromatic heterocycles. The second-order valence-corrected chi connectivity index (χ2v) is 5.63. The monoisotopic (exact) mass is 281 g/mol. The second-order valence-electron chi connectivity index (χ2n) is 5.63. The summed E-state index contributed by atoms with van der Waals surface area (Å²) in [5.41, 5.74) is 6.46. The van der Waals surface area contributed by atoms with Gasteiger partial charge in [0.2, 0.25) is 5.88 Å². The molecular formula is C15H27N3O2. The standard InChI is InChI=1S/C15H27N3O2/c1-11(2)10-20-15-13(16)6-7-14(17-15)18(12(3)4)8-5-9-19/h6-7,11-12,19H,5,8-10,16H2,1-4H3. The quantitative estimate of drug-likeness (QED) is 0.765. The topological polar surface area (TPSA) is 71.6 Å². The molecule has 0 atom stereocenters. The van der Waals surface area contributed by atoms with E-state index < -0.39 is 0 Å². The van der Waals surface area contributed by atoms with Gasteiger partial charge in [-0.25, -0.2) is 0 Å². The highest BCUT2D eigenvalue weighted by Gasteiger charge is 2.14. The van der Waals surface area contributed by atoms with Crippen LogP contribution in [0.1, 0.15) is 34.1 Å². The van der Waals surface area contributed by atoms with Crippen molar-refractivity contribution in [3.8, 4) is 5.88 Å². The molecule has 5 nitrogen and oxygen atoms in total. The van der Waals surface area contributed by atoms with Gasteiger partial charge in [0.15, 0.2) is 0 Å². The first-order valence-electron chi connectivity index (χ1n) is 7.22. The van der Waals surface area contributed by atoms with Crippen molar-refractivity contribution in [2.75, 3.05) is 30.4 Å². The van der Waals surface area contributed by atoms with Gasteiger partial charge in [-0.05, 0) is 38.3 Å². The number of ether oxygens (including phenoxy) is 1. The average molecular weight is 281 g/mol. The molecule has 0 fully saturated rings. The van der Waals surface area contributed by atoms with Gasteiger partial charge >= 0.3 is 0 Å². The Labute approximate surface area is 121 Å². The number of aromatic nitrogens is 1. The molecule has 0 aliphatic carbocycles. The highest BCUT2D eigenvalue weighted by Crippen LogP contribution is 2.24. The number of rotatable bonds is 8. The fourth-order valence-electron chi connectivity index (χ4n) is 1.84. The Morgan fingerprint density at radius 1 is 1.30 bits per heavy atom. The van der Waals surface area contributed by atoms with Crippen LogP contribution in [0.25, 0.3) is 0 Å². The van der Waals surface area contributed by atoms with E-state index in [-0.39, 0.29) is 6.61 Å². The first-order chi connectivity index (χ1) is 9.45. The minimum atomic E-state index is 0.175. The summed E-state index contributed by atoms with van der Waals surface area (Å²) in [5.74, 6) is 1.75. The Morgan fingerprint density at radius 2 is 2.00 bits per heavy atom. The molecule has 0 saturated carbocycles. The molecule has 114 valence electrons. The SMILES string of the molecule is CC(C)COc1nc(N(CCCO)C(C)C)ccc1N. The van der Waals surface area contributed by atoms with Crippen molar-refractivity contribution in [1.29, 1.82) is 0 Å². The van der Waals surface area contributed by atoms with E-state index in [1.54, 1.807) is 0 Å². The Morgan fingerprint density at radius 3 is 2.55 bits per heavy atom. The summed E-state index contributed by atoms with van der Waals surface area (Å²) in [5, 5.41) is 9.00. The number of hydrogen-bond donors (Lipinski definition) is 2. The molecule has 0 radical (unpaired) electrons. The zero-order valence-corrected chi connectivity index (χ0v) is 13.0. The van der Waals surface area contributed by atoms with Crippen LogP contribution >= 0.6 is 0 Å². The van der Waals surface area contributed by atoms with Crippen molar-refractivity contribution in [3.63, 3.8) is 0 Å². The molecule has 0 spiro atoms. The molecule has 3 N–H and O–H groups in total. The molecule has 0 saturated heterocycles. The molecule has 5 heteroatoms. The van der Waals surface area contributed by atoms with E-state index >= 15 is 0 Å². The molecule has 0 aliphatic heterocycles. The number of anilines is 2. The van der Waals surface area contributed by atoms with Gasteiger partial charge in [-0.2, -0.15) is 4.98 Å². The molecule has 1 rings (SSSR count). The van der Waals surface area contributed by atoms with Crippen LogP contribution in [0, 0.1) is 5.92 Å². The van der Waals surface area contributed by atoms with Gasteiger partial charge in [0.05, 0.1) is 12.3 Å². The maximum absolute atomic E-state index is 9.00. The number of nitrogens with two attached hydrogens (primary N) is 1. The number of aliphatic hydroxyl groups is 1. The van der Waals surface area contributed by atoms with Crippen LogP contribution in [0.3, 0.4) is 0 Å². The zero-order valence-electron chi connectivity index (χ0n) is 13.0. The van der Waals surface area contributed by atoms with Crippen LogP contribution in [0.5, 0.6) is 5.88 Å². The first-order valence-corrected chi connectivity index (χ1v) is 7.22. The summed E-state index contributed by atoms with van der Waals surface area (Å²) in [7, 11) is 0. The summed E-state index contributed by atoms with van der Waals surface area (Å²) in [4.78, 5) is 6.65. The lowest BCUT2D eigenvalue weighted by Crippen LogP contribution is -2.33. The summed E-state index contributed by atoms with van der Waals surface area (Å²) in [6, 6.07) is 4.02. The van der Waals surface area contributed by atoms with E-state index in [1.165, 1.54) is 0 Å². The first kappa shape index (κ1) is 16.6. The Hall–Kier alpha value is -1.49. The van der Waals surface area contributed by atoms with E-state index in [4.69, 9.17) is 15.6 Å². The molecule has 0 aromatic carbocycles. The Bertz CT molecular complexity index is 408. The Balaban J connectivity index is 2.90. The van der Waals surface area contributed by atoms with Crippen LogP contribution < -0.4 is 15.4 Å². The van der Waals surface area contributed by atoms with Gasteiger partial charge in [-0.3, -0.25) is 0 Å². The van der Waals surface area contributed by atoms with Crippen molar-refractivity contribution in [2.45, 2.75) is 40.2 Å². The normalized spacial score (nSPS) is 11.2. The molecule has 1 heterocycles. The van der Waals surface area contributed by atoms with E-state index in [0.717, 1.165) is 12.4 Å². The molecule has 0 amide bonds. The fourth-order valence-corrected chi connectivity index (χ4v) is 1.84. The van der Waals surface area contributed by atoms with Crippen molar-refractivity contribution >= 4 is 11.5 Å². The lowest BCUT2D eigenvalue weighted by Gasteiger charge is -2.28. The summed E-state index contributed by atoms with van der Waals surface area (Å²) >= 11 is 0. The molecule has 0 unspecified atom stereocenters. The lowest BCUT2D eigenvalue weighted by atomic mass is 10.2. The molecule has 1 aromatic rings. The molecular weight excluding hydrogens is 254 g/mol. The molecule has 0 aliphatic rings. The average Bonchev–Trinajstić information content (AvgIpc) is 2.38. The maximum atomic E-state index is 9.00. The summed E-state index contributed by atoms with van der Waals surface area (Å²) < 4.78 is 5.66. The third kappa shape index (κ3) is 4.89. The number of hydrogen-bond acceptors (Lipinski definition) is 5. The summed E-state index contributed by atoms with van der Waals surface area (Å²) in [6.45, 7) is 9.90. The predicted molar refractivity (Wildman–Crippen MR) is 83.2 cm³/mol. The number of aliphatic hydroxyl groups excluding tert-OH is 1. The Kier molecular flexibility index (Phi) is 6.58. The van der Waals surface area contributed by atoms with Crippen LogP contribution in [0.4, 0.5) is 11.5 Å². The summed E-state index contributed by atoms with van der Waals surface area (Å²) in [6.07, 6.45) is 0.715.